The molecule has 132 valence electrons. The van der Waals surface area contributed by atoms with Crippen LogP contribution in [-0.2, 0) is 0 Å². The van der Waals surface area contributed by atoms with Crippen LogP contribution in [0.4, 0.5) is 5.69 Å². The van der Waals surface area contributed by atoms with Crippen molar-refractivity contribution in [3.8, 4) is 5.75 Å². The van der Waals surface area contributed by atoms with Crippen LogP contribution in [0.1, 0.15) is 47.4 Å². The number of amides is 2. The van der Waals surface area contributed by atoms with Gasteiger partial charge in [-0.05, 0) is 31.5 Å². The Morgan fingerprint density at radius 2 is 1.80 bits per heavy atom. The van der Waals surface area contributed by atoms with Gasteiger partial charge < -0.3 is 15.4 Å². The summed E-state index contributed by atoms with van der Waals surface area (Å²) in [6.45, 7) is 5.04. The van der Waals surface area contributed by atoms with E-state index in [-0.39, 0.29) is 11.8 Å². The van der Waals surface area contributed by atoms with E-state index < -0.39 is 0 Å². The van der Waals surface area contributed by atoms with E-state index in [1.165, 1.54) is 18.5 Å². The molecule has 25 heavy (non-hydrogen) atoms. The molecule has 0 bridgehead atoms. The Morgan fingerprint density at radius 1 is 1.08 bits per heavy atom. The van der Waals surface area contributed by atoms with Gasteiger partial charge in [0.2, 0.25) is 0 Å². The second-order valence-corrected chi connectivity index (χ2v) is 5.46. The van der Waals surface area contributed by atoms with Gasteiger partial charge in [-0.2, -0.15) is 0 Å². The van der Waals surface area contributed by atoms with Crippen LogP contribution in [-0.4, -0.2) is 29.9 Å². The average molecular weight is 341 g/mol. The fraction of sp³-hybridized carbons (Fsp3) is 0.316. The van der Waals surface area contributed by atoms with Crippen LogP contribution < -0.4 is 15.4 Å². The molecule has 1 heterocycles. The third-order valence-corrected chi connectivity index (χ3v) is 3.51. The van der Waals surface area contributed by atoms with Crippen molar-refractivity contribution in [3.05, 3.63) is 53.9 Å². The summed E-state index contributed by atoms with van der Waals surface area (Å²) in [7, 11) is 0. The molecule has 2 amide bonds. The van der Waals surface area contributed by atoms with Crippen LogP contribution in [0.15, 0.2) is 42.7 Å². The summed E-state index contributed by atoms with van der Waals surface area (Å²) in [5.41, 5.74) is 1.25. The molecule has 1 aromatic carbocycles. The first-order valence-electron chi connectivity index (χ1n) is 8.42. The largest absolute Gasteiger partial charge is 0.492 e. The second kappa shape index (κ2) is 9.42. The number of carbonyl (C=O) groups excluding carboxylic acids is 2. The molecule has 2 aromatic rings. The molecule has 0 saturated heterocycles. The quantitative estimate of drug-likeness (QED) is 0.722. The molecule has 0 atom stereocenters. The number of hydrogen-bond donors (Lipinski definition) is 2. The molecule has 0 unspecified atom stereocenters. The number of hydrogen-bond acceptors (Lipinski definition) is 4. The number of anilines is 1. The summed E-state index contributed by atoms with van der Waals surface area (Å²) in [5.74, 6) is 0.0213. The Bertz CT molecular complexity index is 731. The maximum Gasteiger partial charge on any atom is 0.257 e. The summed E-state index contributed by atoms with van der Waals surface area (Å²) < 4.78 is 5.50. The van der Waals surface area contributed by atoms with Crippen LogP contribution in [0.2, 0.25) is 0 Å². The van der Waals surface area contributed by atoms with Gasteiger partial charge in [0.25, 0.3) is 11.8 Å². The maximum atomic E-state index is 12.5. The number of rotatable bonds is 8. The van der Waals surface area contributed by atoms with Crippen LogP contribution in [0, 0.1) is 0 Å². The van der Waals surface area contributed by atoms with Gasteiger partial charge in [-0.15, -0.1) is 0 Å². The molecule has 2 N–H and O–H groups in total. The average Bonchev–Trinajstić information content (AvgIpc) is 2.64. The number of carbonyl (C=O) groups is 2. The molecular formula is C19H23N3O3. The van der Waals surface area contributed by atoms with E-state index >= 15 is 0 Å². The highest BCUT2D eigenvalue weighted by Crippen LogP contribution is 2.24. The molecule has 0 aliphatic heterocycles. The monoisotopic (exact) mass is 341 g/mol. The summed E-state index contributed by atoms with van der Waals surface area (Å²) in [4.78, 5) is 28.6. The molecule has 0 spiro atoms. The zero-order valence-corrected chi connectivity index (χ0v) is 14.5. The van der Waals surface area contributed by atoms with Crippen molar-refractivity contribution in [3.63, 3.8) is 0 Å². The van der Waals surface area contributed by atoms with Gasteiger partial charge in [-0.3, -0.25) is 14.6 Å². The molecule has 0 aliphatic carbocycles. The molecule has 2 rings (SSSR count). The lowest BCUT2D eigenvalue weighted by molar-refractivity contribution is 0.0953. The zero-order chi connectivity index (χ0) is 18.1. The van der Waals surface area contributed by atoms with E-state index in [2.05, 4.69) is 22.5 Å². The van der Waals surface area contributed by atoms with Crippen LogP contribution >= 0.6 is 0 Å². The molecule has 1 aromatic heterocycles. The fourth-order valence-corrected chi connectivity index (χ4v) is 2.21. The Balaban J connectivity index is 2.10. The van der Waals surface area contributed by atoms with Crippen LogP contribution in [0.5, 0.6) is 5.75 Å². The van der Waals surface area contributed by atoms with Crippen LogP contribution in [0.25, 0.3) is 0 Å². The molecule has 0 saturated carbocycles. The number of nitrogens with one attached hydrogen (secondary N) is 2. The highest BCUT2D eigenvalue weighted by molar-refractivity contribution is 6.06. The Morgan fingerprint density at radius 3 is 2.52 bits per heavy atom. The molecule has 0 radical (unpaired) electrons. The number of benzene rings is 1. The predicted octanol–water partition coefficient (Wildman–Crippen LogP) is 3.26. The van der Waals surface area contributed by atoms with Gasteiger partial charge in [-0.1, -0.05) is 25.5 Å². The minimum Gasteiger partial charge on any atom is -0.492 e. The smallest absolute Gasteiger partial charge is 0.257 e. The second-order valence-electron chi connectivity index (χ2n) is 5.46. The molecule has 0 aliphatic rings. The standard InChI is InChI=1S/C19H23N3O3/c1-3-5-10-21-18(23)14-11-15(13-20-12-14)19(24)22-16-8-6-7-9-17(16)25-4-2/h6-9,11-13H,3-5,10H2,1-2H3,(H,21,23)(H,22,24). The van der Waals surface area contributed by atoms with Crippen molar-refractivity contribution in [2.75, 3.05) is 18.5 Å². The van der Waals surface area contributed by atoms with Crippen molar-refractivity contribution in [1.29, 1.82) is 0 Å². The first-order valence-corrected chi connectivity index (χ1v) is 8.42. The van der Waals surface area contributed by atoms with Gasteiger partial charge in [0.15, 0.2) is 0 Å². The summed E-state index contributed by atoms with van der Waals surface area (Å²) >= 11 is 0. The lowest BCUT2D eigenvalue weighted by Gasteiger charge is -2.11. The Kier molecular flexibility index (Phi) is 6.95. The van der Waals surface area contributed by atoms with Gasteiger partial charge >= 0.3 is 0 Å². The van der Waals surface area contributed by atoms with E-state index in [4.69, 9.17) is 4.74 Å². The summed E-state index contributed by atoms with van der Waals surface area (Å²) in [5, 5.41) is 5.61. The van der Waals surface area contributed by atoms with Crippen molar-refractivity contribution in [1.82, 2.24) is 10.3 Å². The molecule has 6 heteroatoms. The van der Waals surface area contributed by atoms with E-state index in [0.29, 0.717) is 35.7 Å². The van der Waals surface area contributed by atoms with E-state index in [1.54, 1.807) is 12.1 Å². The number of aromatic nitrogens is 1. The van der Waals surface area contributed by atoms with Gasteiger partial charge in [-0.25, -0.2) is 0 Å². The number of pyridine rings is 1. The normalized spacial score (nSPS) is 10.2. The lowest BCUT2D eigenvalue weighted by atomic mass is 10.1. The number of nitrogens with zero attached hydrogens (tertiary/aromatic N) is 1. The van der Waals surface area contributed by atoms with Crippen molar-refractivity contribution in [2.24, 2.45) is 0 Å². The summed E-state index contributed by atoms with van der Waals surface area (Å²) in [6, 6.07) is 8.73. The molecule has 0 fully saturated rings. The SMILES string of the molecule is CCCCNC(=O)c1cncc(C(=O)Nc2ccccc2OCC)c1. The molecular weight excluding hydrogens is 318 g/mol. The minimum atomic E-state index is -0.345. The van der Waals surface area contributed by atoms with E-state index in [0.717, 1.165) is 12.8 Å². The third-order valence-electron chi connectivity index (χ3n) is 3.51. The third kappa shape index (κ3) is 5.31. The fourth-order valence-electron chi connectivity index (χ4n) is 2.21. The number of ether oxygens (including phenoxy) is 1. The number of para-hydroxylation sites is 2. The number of unbranched alkanes of at least 4 members (excludes halogenated alkanes) is 1. The minimum absolute atomic E-state index is 0.231. The Labute approximate surface area is 147 Å². The highest BCUT2D eigenvalue weighted by Gasteiger charge is 2.13. The topological polar surface area (TPSA) is 80.3 Å². The van der Waals surface area contributed by atoms with Crippen molar-refractivity contribution < 1.29 is 14.3 Å². The zero-order valence-electron chi connectivity index (χ0n) is 14.5. The highest BCUT2D eigenvalue weighted by atomic mass is 16.5. The van der Waals surface area contributed by atoms with Crippen molar-refractivity contribution in [2.45, 2.75) is 26.7 Å². The first-order chi connectivity index (χ1) is 12.2. The molecule has 6 nitrogen and oxygen atoms in total. The Hall–Kier alpha value is -2.89. The van der Waals surface area contributed by atoms with E-state index in [1.807, 2.05) is 19.1 Å². The summed E-state index contributed by atoms with van der Waals surface area (Å²) in [6.07, 6.45) is 4.79. The van der Waals surface area contributed by atoms with Gasteiger partial charge in [0.1, 0.15) is 5.75 Å². The van der Waals surface area contributed by atoms with Crippen molar-refractivity contribution >= 4 is 17.5 Å². The van der Waals surface area contributed by atoms with Gasteiger partial charge in [0.05, 0.1) is 23.4 Å². The first kappa shape index (κ1) is 18.4. The lowest BCUT2D eigenvalue weighted by Crippen LogP contribution is -2.25. The maximum absolute atomic E-state index is 12.5. The van der Waals surface area contributed by atoms with Gasteiger partial charge in [0, 0.05) is 18.9 Å². The predicted molar refractivity (Wildman–Crippen MR) is 97.0 cm³/mol. The van der Waals surface area contributed by atoms with E-state index in [9.17, 15) is 9.59 Å². The van der Waals surface area contributed by atoms with Crippen LogP contribution in [0.3, 0.4) is 0 Å².